The van der Waals surface area contributed by atoms with Crippen LogP contribution in [0.1, 0.15) is 35.8 Å². The standard InChI is InChI=1S/C17H12ClF3N2O2/c1-9(25-16(24)14-10(18)5-4-6-11(14)19)15-22-12-7-2-3-8-13(12)23(15)17(20)21/h2-9,17H,1H3. The fourth-order valence-corrected chi connectivity index (χ4v) is 2.76. The number of carbonyl (C=O) groups is 1. The summed E-state index contributed by atoms with van der Waals surface area (Å²) in [5, 5.41) is -0.125. The van der Waals surface area contributed by atoms with Crippen molar-refractivity contribution < 1.29 is 22.7 Å². The first-order chi connectivity index (χ1) is 11.9. The van der Waals surface area contributed by atoms with Gasteiger partial charge in [-0.15, -0.1) is 0 Å². The lowest BCUT2D eigenvalue weighted by molar-refractivity contribution is 0.0229. The topological polar surface area (TPSA) is 44.1 Å². The molecule has 0 amide bonds. The Hall–Kier alpha value is -2.54. The number of halogens is 4. The van der Waals surface area contributed by atoms with Gasteiger partial charge in [0.05, 0.1) is 16.1 Å². The molecule has 0 radical (unpaired) electrons. The smallest absolute Gasteiger partial charge is 0.343 e. The fraction of sp³-hybridized carbons (Fsp3) is 0.176. The number of hydrogen-bond donors (Lipinski definition) is 0. The Morgan fingerprint density at radius 1 is 1.20 bits per heavy atom. The van der Waals surface area contributed by atoms with Crippen LogP contribution in [0.4, 0.5) is 13.2 Å². The number of imidazole rings is 1. The molecule has 25 heavy (non-hydrogen) atoms. The van der Waals surface area contributed by atoms with Crippen molar-refractivity contribution in [2.24, 2.45) is 0 Å². The van der Waals surface area contributed by atoms with Gasteiger partial charge >= 0.3 is 12.5 Å². The van der Waals surface area contributed by atoms with E-state index in [0.717, 1.165) is 6.07 Å². The average molecular weight is 369 g/mol. The summed E-state index contributed by atoms with van der Waals surface area (Å²) in [7, 11) is 0. The van der Waals surface area contributed by atoms with Gasteiger partial charge in [0.2, 0.25) is 0 Å². The number of aromatic nitrogens is 2. The molecule has 1 unspecified atom stereocenters. The molecule has 1 heterocycles. The van der Waals surface area contributed by atoms with Gasteiger partial charge in [0.15, 0.2) is 11.9 Å². The Morgan fingerprint density at radius 3 is 2.60 bits per heavy atom. The number of hydrogen-bond acceptors (Lipinski definition) is 3. The number of rotatable bonds is 4. The molecule has 1 aromatic heterocycles. The molecule has 0 fully saturated rings. The van der Waals surface area contributed by atoms with Crippen molar-refractivity contribution in [1.82, 2.24) is 9.55 Å². The third kappa shape index (κ3) is 3.19. The molecular weight excluding hydrogens is 357 g/mol. The van der Waals surface area contributed by atoms with Crippen molar-refractivity contribution in [3.63, 3.8) is 0 Å². The van der Waals surface area contributed by atoms with E-state index < -0.39 is 30.0 Å². The van der Waals surface area contributed by atoms with Crippen LogP contribution in [-0.2, 0) is 4.74 Å². The lowest BCUT2D eigenvalue weighted by atomic mass is 10.2. The van der Waals surface area contributed by atoms with E-state index >= 15 is 0 Å². The first kappa shape index (κ1) is 17.3. The monoisotopic (exact) mass is 368 g/mol. The van der Waals surface area contributed by atoms with Crippen LogP contribution < -0.4 is 0 Å². The fourth-order valence-electron chi connectivity index (χ4n) is 2.52. The van der Waals surface area contributed by atoms with Crippen LogP contribution in [0.25, 0.3) is 11.0 Å². The second-order valence-corrected chi connectivity index (χ2v) is 5.66. The maximum atomic E-state index is 13.8. The predicted octanol–water partition coefficient (Wildman–Crippen LogP) is 5.14. The molecule has 0 aliphatic carbocycles. The summed E-state index contributed by atoms with van der Waals surface area (Å²) in [5.41, 5.74) is 0.0969. The highest BCUT2D eigenvalue weighted by Crippen LogP contribution is 2.29. The number of fused-ring (bicyclic) bond motifs is 1. The summed E-state index contributed by atoms with van der Waals surface area (Å²) in [5.74, 6) is -2.05. The average Bonchev–Trinajstić information content (AvgIpc) is 2.94. The number of ether oxygens (including phenoxy) is 1. The molecule has 2 aromatic carbocycles. The lowest BCUT2D eigenvalue weighted by Gasteiger charge is -2.15. The van der Waals surface area contributed by atoms with Crippen LogP contribution in [0.2, 0.25) is 5.02 Å². The lowest BCUT2D eigenvalue weighted by Crippen LogP contribution is -2.16. The zero-order chi connectivity index (χ0) is 18.1. The number of nitrogens with zero attached hydrogens (tertiary/aromatic N) is 2. The Labute approximate surface area is 145 Å². The normalized spacial score (nSPS) is 12.6. The van der Waals surface area contributed by atoms with Gasteiger partial charge in [0.25, 0.3) is 0 Å². The number of carbonyl (C=O) groups excluding carboxylic acids is 1. The third-order valence-corrected chi connectivity index (χ3v) is 3.95. The van der Waals surface area contributed by atoms with Gasteiger partial charge in [-0.3, -0.25) is 4.57 Å². The molecule has 1 atom stereocenters. The van der Waals surface area contributed by atoms with Gasteiger partial charge in [-0.2, -0.15) is 8.78 Å². The summed E-state index contributed by atoms with van der Waals surface area (Å²) in [6, 6.07) is 10.0. The van der Waals surface area contributed by atoms with Gasteiger partial charge in [-0.25, -0.2) is 14.2 Å². The quantitative estimate of drug-likeness (QED) is 0.599. The molecule has 0 aliphatic rings. The Balaban J connectivity index is 1.96. The molecule has 0 saturated carbocycles. The Kier molecular flexibility index (Phi) is 4.67. The molecule has 0 N–H and O–H groups in total. The first-order valence-corrected chi connectivity index (χ1v) is 7.68. The van der Waals surface area contributed by atoms with Crippen molar-refractivity contribution in [3.05, 3.63) is 64.7 Å². The number of para-hydroxylation sites is 2. The first-order valence-electron chi connectivity index (χ1n) is 7.30. The number of benzene rings is 2. The molecule has 0 spiro atoms. The molecule has 0 aliphatic heterocycles. The van der Waals surface area contributed by atoms with Crippen molar-refractivity contribution in [2.45, 2.75) is 19.6 Å². The van der Waals surface area contributed by atoms with E-state index in [2.05, 4.69) is 4.98 Å². The molecular formula is C17H12ClF3N2O2. The zero-order valence-corrected chi connectivity index (χ0v) is 13.7. The zero-order valence-electron chi connectivity index (χ0n) is 12.9. The van der Waals surface area contributed by atoms with E-state index in [-0.39, 0.29) is 16.4 Å². The van der Waals surface area contributed by atoms with Crippen molar-refractivity contribution in [2.75, 3.05) is 0 Å². The second-order valence-electron chi connectivity index (χ2n) is 5.25. The Bertz CT molecular complexity index is 923. The highest BCUT2D eigenvalue weighted by molar-refractivity contribution is 6.33. The molecule has 0 saturated heterocycles. The number of alkyl halides is 2. The van der Waals surface area contributed by atoms with E-state index in [1.165, 1.54) is 25.1 Å². The summed E-state index contributed by atoms with van der Waals surface area (Å²) >= 11 is 5.82. The molecule has 0 bridgehead atoms. The highest BCUT2D eigenvalue weighted by atomic mass is 35.5. The van der Waals surface area contributed by atoms with Crippen molar-refractivity contribution in [1.29, 1.82) is 0 Å². The van der Waals surface area contributed by atoms with Crippen LogP contribution >= 0.6 is 11.6 Å². The summed E-state index contributed by atoms with van der Waals surface area (Å²) in [6.45, 7) is -1.49. The summed E-state index contributed by atoms with van der Waals surface area (Å²) in [6.07, 6.45) is -1.13. The minimum atomic E-state index is -2.87. The largest absolute Gasteiger partial charge is 0.451 e. The van der Waals surface area contributed by atoms with Crippen molar-refractivity contribution in [3.8, 4) is 0 Å². The minimum absolute atomic E-state index is 0.125. The van der Waals surface area contributed by atoms with E-state index in [0.29, 0.717) is 10.1 Å². The van der Waals surface area contributed by atoms with Crippen molar-refractivity contribution >= 4 is 28.6 Å². The van der Waals surface area contributed by atoms with Gasteiger partial charge in [0.1, 0.15) is 11.4 Å². The van der Waals surface area contributed by atoms with Gasteiger partial charge < -0.3 is 4.74 Å². The Morgan fingerprint density at radius 2 is 1.92 bits per heavy atom. The van der Waals surface area contributed by atoms with Crippen LogP contribution in [0, 0.1) is 5.82 Å². The third-order valence-electron chi connectivity index (χ3n) is 3.63. The van der Waals surface area contributed by atoms with E-state index in [1.54, 1.807) is 18.2 Å². The molecule has 4 nitrogen and oxygen atoms in total. The molecule has 130 valence electrons. The molecule has 3 rings (SSSR count). The highest BCUT2D eigenvalue weighted by Gasteiger charge is 2.26. The van der Waals surface area contributed by atoms with Gasteiger partial charge in [0, 0.05) is 0 Å². The minimum Gasteiger partial charge on any atom is -0.451 e. The van der Waals surface area contributed by atoms with Crippen LogP contribution in [-0.4, -0.2) is 15.5 Å². The summed E-state index contributed by atoms with van der Waals surface area (Å²) in [4.78, 5) is 16.3. The predicted molar refractivity (Wildman–Crippen MR) is 86.2 cm³/mol. The second kappa shape index (κ2) is 6.76. The molecule has 3 aromatic rings. The van der Waals surface area contributed by atoms with Crippen LogP contribution in [0.5, 0.6) is 0 Å². The van der Waals surface area contributed by atoms with E-state index in [9.17, 15) is 18.0 Å². The summed E-state index contributed by atoms with van der Waals surface area (Å²) < 4.78 is 46.5. The van der Waals surface area contributed by atoms with E-state index in [1.807, 2.05) is 0 Å². The van der Waals surface area contributed by atoms with Crippen LogP contribution in [0.15, 0.2) is 42.5 Å². The number of esters is 1. The molecule has 8 heteroatoms. The SMILES string of the molecule is CC(OC(=O)c1c(F)cccc1Cl)c1nc2ccccc2n1C(F)F. The van der Waals surface area contributed by atoms with Gasteiger partial charge in [-0.05, 0) is 31.2 Å². The van der Waals surface area contributed by atoms with Crippen LogP contribution in [0.3, 0.4) is 0 Å². The maximum Gasteiger partial charge on any atom is 0.343 e. The van der Waals surface area contributed by atoms with E-state index in [4.69, 9.17) is 16.3 Å². The maximum absolute atomic E-state index is 13.8. The van der Waals surface area contributed by atoms with Gasteiger partial charge in [-0.1, -0.05) is 29.8 Å².